The third kappa shape index (κ3) is 1.64. The number of carboxylic acid groups (broad SMARTS) is 1. The highest BCUT2D eigenvalue weighted by Gasteiger charge is 2.72. The smallest absolute Gasteiger partial charge is 0.315 e. The maximum absolute atomic E-state index is 12.1. The minimum atomic E-state index is -1.51. The molecule has 0 saturated carbocycles. The second-order valence-electron chi connectivity index (χ2n) is 7.10. The van der Waals surface area contributed by atoms with E-state index in [2.05, 4.69) is 0 Å². The molecular weight excluding hydrogens is 264 g/mol. The summed E-state index contributed by atoms with van der Waals surface area (Å²) in [6.07, 6.45) is 1.38. The van der Waals surface area contributed by atoms with E-state index in [4.69, 9.17) is 9.47 Å². The molecule has 0 aromatic heterocycles. The van der Waals surface area contributed by atoms with Crippen LogP contribution in [0.4, 0.5) is 0 Å². The van der Waals surface area contributed by atoms with E-state index >= 15 is 0 Å². The van der Waals surface area contributed by atoms with E-state index in [-0.39, 0.29) is 12.5 Å². The van der Waals surface area contributed by atoms with Crippen molar-refractivity contribution in [3.63, 3.8) is 0 Å². The number of aliphatic hydroxyl groups is 1. The first-order valence-electron chi connectivity index (χ1n) is 6.96. The largest absolute Gasteiger partial charge is 0.481 e. The molecule has 3 heterocycles. The Hall–Kier alpha value is -1.14. The lowest BCUT2D eigenvalue weighted by molar-refractivity contribution is -0.203. The molecule has 3 aliphatic heterocycles. The predicted molar refractivity (Wildman–Crippen MR) is 66.6 cm³/mol. The van der Waals surface area contributed by atoms with E-state index in [0.29, 0.717) is 6.42 Å². The average molecular weight is 284 g/mol. The second-order valence-corrected chi connectivity index (χ2v) is 7.10. The Morgan fingerprint density at radius 1 is 1.50 bits per heavy atom. The van der Waals surface area contributed by atoms with Gasteiger partial charge in [0.15, 0.2) is 0 Å². The first kappa shape index (κ1) is 13.8. The molecule has 0 aromatic rings. The van der Waals surface area contributed by atoms with Gasteiger partial charge in [0, 0.05) is 6.92 Å². The SMILES string of the molecule is CC(C)(C[C@@]12CC[C@@H](O1)[C@@H]1[C@H]2C(=O)OC1(C)O)C(=O)O. The summed E-state index contributed by atoms with van der Waals surface area (Å²) in [6, 6.07) is 0. The van der Waals surface area contributed by atoms with Gasteiger partial charge >= 0.3 is 11.9 Å². The van der Waals surface area contributed by atoms with Crippen LogP contribution in [0.3, 0.4) is 0 Å². The molecule has 3 aliphatic rings. The van der Waals surface area contributed by atoms with Crippen LogP contribution in [0.2, 0.25) is 0 Å². The van der Waals surface area contributed by atoms with Crippen LogP contribution < -0.4 is 0 Å². The summed E-state index contributed by atoms with van der Waals surface area (Å²) < 4.78 is 11.1. The monoisotopic (exact) mass is 284 g/mol. The maximum Gasteiger partial charge on any atom is 0.315 e. The van der Waals surface area contributed by atoms with E-state index in [9.17, 15) is 19.8 Å². The number of cyclic esters (lactones) is 1. The number of carboxylic acids is 1. The fourth-order valence-electron chi connectivity index (χ4n) is 4.24. The molecule has 3 fully saturated rings. The van der Waals surface area contributed by atoms with Crippen LogP contribution >= 0.6 is 0 Å². The van der Waals surface area contributed by atoms with Gasteiger partial charge in [0.25, 0.3) is 0 Å². The summed E-state index contributed by atoms with van der Waals surface area (Å²) in [7, 11) is 0. The minimum absolute atomic E-state index is 0.231. The van der Waals surface area contributed by atoms with Crippen molar-refractivity contribution in [2.75, 3.05) is 0 Å². The van der Waals surface area contributed by atoms with Crippen molar-refractivity contribution in [1.82, 2.24) is 0 Å². The van der Waals surface area contributed by atoms with Gasteiger partial charge in [-0.2, -0.15) is 0 Å². The van der Waals surface area contributed by atoms with Crippen LogP contribution in [0.25, 0.3) is 0 Å². The van der Waals surface area contributed by atoms with Crippen molar-refractivity contribution >= 4 is 11.9 Å². The molecule has 20 heavy (non-hydrogen) atoms. The second kappa shape index (κ2) is 3.74. The molecule has 0 aromatic carbocycles. The Balaban J connectivity index is 1.95. The van der Waals surface area contributed by atoms with Gasteiger partial charge in [0.05, 0.1) is 29.0 Å². The zero-order valence-corrected chi connectivity index (χ0v) is 11.9. The van der Waals surface area contributed by atoms with Crippen molar-refractivity contribution in [3.8, 4) is 0 Å². The molecule has 3 saturated heterocycles. The molecule has 1 unspecified atom stereocenters. The lowest BCUT2D eigenvalue weighted by Gasteiger charge is -2.35. The van der Waals surface area contributed by atoms with Crippen LogP contribution in [-0.2, 0) is 19.1 Å². The number of rotatable bonds is 3. The van der Waals surface area contributed by atoms with E-state index in [1.807, 2.05) is 0 Å². The summed E-state index contributed by atoms with van der Waals surface area (Å²) in [5.41, 5.74) is -1.80. The minimum Gasteiger partial charge on any atom is -0.481 e. The van der Waals surface area contributed by atoms with E-state index in [1.165, 1.54) is 6.92 Å². The van der Waals surface area contributed by atoms with Crippen LogP contribution in [0.15, 0.2) is 0 Å². The molecule has 0 spiro atoms. The van der Waals surface area contributed by atoms with Gasteiger partial charge < -0.3 is 19.7 Å². The standard InChI is InChI=1S/C14H20O6/c1-12(2,11(16)17)6-14-5-4-7(19-14)8-9(14)10(15)20-13(8,3)18/h7-9,18H,4-6H2,1-3H3,(H,16,17)/t7-,8-,9+,13?,14-/m1/s1. The molecule has 5 atom stereocenters. The molecule has 112 valence electrons. The Labute approximate surface area is 117 Å². The Morgan fingerprint density at radius 2 is 2.15 bits per heavy atom. The summed E-state index contributed by atoms with van der Waals surface area (Å²) >= 11 is 0. The Bertz CT molecular complexity index is 482. The molecule has 3 rings (SSSR count). The molecule has 2 N–H and O–H groups in total. The summed E-state index contributed by atoms with van der Waals surface area (Å²) in [6.45, 7) is 4.74. The van der Waals surface area contributed by atoms with Crippen LogP contribution in [0.5, 0.6) is 0 Å². The fraction of sp³-hybridized carbons (Fsp3) is 0.857. The third-order valence-electron chi connectivity index (χ3n) is 5.06. The van der Waals surface area contributed by atoms with Gasteiger partial charge in [-0.1, -0.05) is 0 Å². The quantitative estimate of drug-likeness (QED) is 0.748. The maximum atomic E-state index is 12.1. The van der Waals surface area contributed by atoms with Gasteiger partial charge in [0.2, 0.25) is 5.79 Å². The number of hydrogen-bond donors (Lipinski definition) is 2. The van der Waals surface area contributed by atoms with Gasteiger partial charge in [0.1, 0.15) is 0 Å². The Morgan fingerprint density at radius 3 is 2.75 bits per heavy atom. The number of aliphatic carboxylic acids is 1. The van der Waals surface area contributed by atoms with Crippen molar-refractivity contribution < 1.29 is 29.3 Å². The number of ether oxygens (including phenoxy) is 2. The summed E-state index contributed by atoms with van der Waals surface area (Å²) in [5, 5.41) is 19.6. The highest BCUT2D eigenvalue weighted by molar-refractivity contribution is 5.79. The van der Waals surface area contributed by atoms with Crippen molar-refractivity contribution in [1.29, 1.82) is 0 Å². The highest BCUT2D eigenvalue weighted by atomic mass is 16.7. The first-order valence-corrected chi connectivity index (χ1v) is 6.96. The number of fused-ring (bicyclic) bond motifs is 5. The molecule has 0 aliphatic carbocycles. The lowest BCUT2D eigenvalue weighted by atomic mass is 9.65. The Kier molecular flexibility index (Phi) is 2.58. The number of hydrogen-bond acceptors (Lipinski definition) is 5. The fourth-order valence-corrected chi connectivity index (χ4v) is 4.24. The molecule has 6 nitrogen and oxygen atoms in total. The zero-order valence-electron chi connectivity index (χ0n) is 11.9. The number of esters is 1. The summed E-state index contributed by atoms with van der Waals surface area (Å²) in [4.78, 5) is 23.5. The topological polar surface area (TPSA) is 93.1 Å². The molecule has 6 heteroatoms. The molecular formula is C14H20O6. The number of carbonyl (C=O) groups is 2. The van der Waals surface area contributed by atoms with E-state index in [1.54, 1.807) is 13.8 Å². The van der Waals surface area contributed by atoms with Gasteiger partial charge in [-0.25, -0.2) is 0 Å². The van der Waals surface area contributed by atoms with Crippen LogP contribution in [0.1, 0.15) is 40.0 Å². The van der Waals surface area contributed by atoms with Crippen molar-refractivity contribution in [3.05, 3.63) is 0 Å². The van der Waals surface area contributed by atoms with Crippen molar-refractivity contribution in [2.45, 2.75) is 57.5 Å². The van der Waals surface area contributed by atoms with Gasteiger partial charge in [-0.05, 0) is 33.1 Å². The van der Waals surface area contributed by atoms with Gasteiger partial charge in [-0.3, -0.25) is 9.59 Å². The van der Waals surface area contributed by atoms with E-state index in [0.717, 1.165) is 6.42 Å². The summed E-state index contributed by atoms with van der Waals surface area (Å²) in [5.74, 6) is -3.85. The van der Waals surface area contributed by atoms with Crippen LogP contribution in [0, 0.1) is 17.3 Å². The van der Waals surface area contributed by atoms with Crippen LogP contribution in [-0.4, -0.2) is 39.6 Å². The normalized spacial score (nSPS) is 46.4. The van der Waals surface area contributed by atoms with Gasteiger partial charge in [-0.15, -0.1) is 0 Å². The van der Waals surface area contributed by atoms with E-state index < -0.39 is 40.6 Å². The zero-order chi connectivity index (χ0) is 14.9. The molecule has 2 bridgehead atoms. The number of carbonyl (C=O) groups excluding carboxylic acids is 1. The third-order valence-corrected chi connectivity index (χ3v) is 5.06. The molecule has 0 radical (unpaired) electrons. The van der Waals surface area contributed by atoms with Crippen molar-refractivity contribution in [2.24, 2.45) is 17.3 Å². The molecule has 0 amide bonds. The predicted octanol–water partition coefficient (Wildman–Crippen LogP) is 0.916. The first-order chi connectivity index (χ1) is 9.09. The highest BCUT2D eigenvalue weighted by Crippen LogP contribution is 2.61. The average Bonchev–Trinajstić information content (AvgIpc) is 2.88. The lowest BCUT2D eigenvalue weighted by Crippen LogP contribution is -2.46.